The molecule has 15 heavy (non-hydrogen) atoms. The second-order valence-electron chi connectivity index (χ2n) is 3.79. The van der Waals surface area contributed by atoms with Crippen LogP contribution in [0.4, 0.5) is 5.82 Å². The lowest BCUT2D eigenvalue weighted by atomic mass is 9.99. The SMILES string of the molecule is [C-]#[N+]c1ccc2c(C)c(C)c(C)cc2n1. The molecule has 0 amide bonds. The first-order valence-electron chi connectivity index (χ1n) is 4.88. The molecule has 1 heterocycles. The van der Waals surface area contributed by atoms with Crippen molar-refractivity contribution >= 4 is 16.7 Å². The van der Waals surface area contributed by atoms with Gasteiger partial charge in [0.05, 0.1) is 0 Å². The molecule has 2 rings (SSSR count). The van der Waals surface area contributed by atoms with Gasteiger partial charge >= 0.3 is 0 Å². The second kappa shape index (κ2) is 3.36. The molecule has 0 bridgehead atoms. The quantitative estimate of drug-likeness (QED) is 0.587. The van der Waals surface area contributed by atoms with E-state index in [2.05, 4.69) is 30.6 Å². The van der Waals surface area contributed by atoms with Crippen molar-refractivity contribution in [1.29, 1.82) is 0 Å². The van der Waals surface area contributed by atoms with Crippen molar-refractivity contribution in [2.75, 3.05) is 0 Å². The van der Waals surface area contributed by atoms with E-state index in [9.17, 15) is 0 Å². The van der Waals surface area contributed by atoms with Gasteiger partial charge in [0.2, 0.25) is 0 Å². The number of hydrogen-bond donors (Lipinski definition) is 0. The maximum atomic E-state index is 6.93. The van der Waals surface area contributed by atoms with Gasteiger partial charge in [0, 0.05) is 5.39 Å². The zero-order chi connectivity index (χ0) is 11.0. The fourth-order valence-corrected chi connectivity index (χ4v) is 1.76. The van der Waals surface area contributed by atoms with Crippen LogP contribution in [-0.2, 0) is 0 Å². The van der Waals surface area contributed by atoms with Crippen molar-refractivity contribution in [2.45, 2.75) is 20.8 Å². The summed E-state index contributed by atoms with van der Waals surface area (Å²) >= 11 is 0. The number of benzene rings is 1. The van der Waals surface area contributed by atoms with E-state index in [1.165, 1.54) is 16.7 Å². The minimum atomic E-state index is 0.463. The average molecular weight is 196 g/mol. The summed E-state index contributed by atoms with van der Waals surface area (Å²) in [5.74, 6) is 0.463. The van der Waals surface area contributed by atoms with Crippen LogP contribution in [0.2, 0.25) is 0 Å². The Morgan fingerprint density at radius 1 is 1.13 bits per heavy atom. The number of pyridine rings is 1. The Morgan fingerprint density at radius 2 is 1.87 bits per heavy atom. The Hall–Kier alpha value is -1.88. The number of nitrogens with zero attached hydrogens (tertiary/aromatic N) is 2. The fraction of sp³-hybridized carbons (Fsp3) is 0.231. The lowest BCUT2D eigenvalue weighted by Gasteiger charge is -2.06. The summed E-state index contributed by atoms with van der Waals surface area (Å²) in [5.41, 5.74) is 4.72. The molecule has 0 radical (unpaired) electrons. The summed E-state index contributed by atoms with van der Waals surface area (Å²) < 4.78 is 0. The molecule has 0 aliphatic heterocycles. The molecule has 0 saturated heterocycles. The number of aryl methyl sites for hydroxylation is 2. The van der Waals surface area contributed by atoms with Crippen LogP contribution < -0.4 is 0 Å². The summed E-state index contributed by atoms with van der Waals surface area (Å²) in [6, 6.07) is 5.81. The zero-order valence-electron chi connectivity index (χ0n) is 9.13. The molecule has 0 spiro atoms. The molecular weight excluding hydrogens is 184 g/mol. The topological polar surface area (TPSA) is 17.2 Å². The van der Waals surface area contributed by atoms with Crippen molar-refractivity contribution in [2.24, 2.45) is 0 Å². The Labute approximate surface area is 89.4 Å². The van der Waals surface area contributed by atoms with Gasteiger partial charge in [-0.15, -0.1) is 4.98 Å². The van der Waals surface area contributed by atoms with Gasteiger partial charge in [-0.3, -0.25) is 0 Å². The minimum Gasteiger partial charge on any atom is -0.361 e. The van der Waals surface area contributed by atoms with Crippen LogP contribution in [0.25, 0.3) is 15.7 Å². The van der Waals surface area contributed by atoms with Crippen LogP contribution in [0.15, 0.2) is 18.2 Å². The van der Waals surface area contributed by atoms with Crippen LogP contribution >= 0.6 is 0 Å². The zero-order valence-corrected chi connectivity index (χ0v) is 9.13. The Morgan fingerprint density at radius 3 is 2.53 bits per heavy atom. The van der Waals surface area contributed by atoms with Crippen molar-refractivity contribution in [3.05, 3.63) is 46.3 Å². The van der Waals surface area contributed by atoms with E-state index in [1.807, 2.05) is 12.1 Å². The predicted octanol–water partition coefficient (Wildman–Crippen LogP) is 3.71. The summed E-state index contributed by atoms with van der Waals surface area (Å²) in [4.78, 5) is 7.64. The highest BCUT2D eigenvalue weighted by Gasteiger charge is 2.07. The predicted molar refractivity (Wildman–Crippen MR) is 62.2 cm³/mol. The molecule has 74 valence electrons. The molecule has 1 aromatic carbocycles. The van der Waals surface area contributed by atoms with E-state index in [4.69, 9.17) is 6.57 Å². The molecule has 0 atom stereocenters. The molecular formula is C13H12N2. The molecule has 0 saturated carbocycles. The molecule has 2 nitrogen and oxygen atoms in total. The van der Waals surface area contributed by atoms with Gasteiger partial charge < -0.3 is 4.85 Å². The van der Waals surface area contributed by atoms with Crippen molar-refractivity contribution in [3.8, 4) is 0 Å². The van der Waals surface area contributed by atoms with Crippen molar-refractivity contribution < 1.29 is 0 Å². The third-order valence-electron chi connectivity index (χ3n) is 2.94. The minimum absolute atomic E-state index is 0.463. The summed E-state index contributed by atoms with van der Waals surface area (Å²) in [6.45, 7) is 13.2. The summed E-state index contributed by atoms with van der Waals surface area (Å²) in [6.07, 6.45) is 0. The normalized spacial score (nSPS) is 10.3. The van der Waals surface area contributed by atoms with Gasteiger partial charge in [-0.2, -0.15) is 0 Å². The van der Waals surface area contributed by atoms with Crippen LogP contribution in [0.3, 0.4) is 0 Å². The summed E-state index contributed by atoms with van der Waals surface area (Å²) in [5, 5.41) is 1.14. The molecule has 0 aliphatic rings. The monoisotopic (exact) mass is 196 g/mol. The van der Waals surface area contributed by atoms with E-state index >= 15 is 0 Å². The molecule has 2 aromatic rings. The van der Waals surface area contributed by atoms with Crippen LogP contribution in [-0.4, -0.2) is 4.98 Å². The third kappa shape index (κ3) is 1.46. The standard InChI is InChI=1S/C13H12N2/c1-8-7-12-11(10(3)9(8)2)5-6-13(14-4)15-12/h5-7H,1-3H3. The van der Waals surface area contributed by atoms with Gasteiger partial charge in [0.1, 0.15) is 0 Å². The molecule has 2 heteroatoms. The largest absolute Gasteiger partial charge is 0.361 e. The average Bonchev–Trinajstić information content (AvgIpc) is 2.25. The van der Waals surface area contributed by atoms with Crippen molar-refractivity contribution in [3.63, 3.8) is 0 Å². The Bertz CT molecular complexity index is 577. The molecule has 0 fully saturated rings. The first-order chi connectivity index (χ1) is 7.13. The molecule has 0 N–H and O–H groups in total. The molecule has 0 unspecified atom stereocenters. The van der Waals surface area contributed by atoms with E-state index < -0.39 is 0 Å². The van der Waals surface area contributed by atoms with Gasteiger partial charge in [0.25, 0.3) is 5.82 Å². The first-order valence-corrected chi connectivity index (χ1v) is 4.88. The van der Waals surface area contributed by atoms with Crippen LogP contribution in [0, 0.1) is 27.3 Å². The first kappa shape index (κ1) is 9.67. The van der Waals surface area contributed by atoms with Crippen LogP contribution in [0.1, 0.15) is 16.7 Å². The van der Waals surface area contributed by atoms with Crippen LogP contribution in [0.5, 0.6) is 0 Å². The van der Waals surface area contributed by atoms with E-state index in [-0.39, 0.29) is 0 Å². The smallest absolute Gasteiger partial charge is 0.270 e. The highest BCUT2D eigenvalue weighted by molar-refractivity contribution is 5.85. The number of rotatable bonds is 0. The van der Waals surface area contributed by atoms with E-state index in [0.717, 1.165) is 10.9 Å². The number of aromatic nitrogens is 1. The highest BCUT2D eigenvalue weighted by Crippen LogP contribution is 2.25. The maximum Gasteiger partial charge on any atom is 0.270 e. The van der Waals surface area contributed by atoms with Gasteiger partial charge in [-0.05, 0) is 49.6 Å². The van der Waals surface area contributed by atoms with E-state index in [0.29, 0.717) is 5.82 Å². The van der Waals surface area contributed by atoms with Crippen molar-refractivity contribution in [1.82, 2.24) is 4.98 Å². The lowest BCUT2D eigenvalue weighted by molar-refractivity contribution is 1.28. The third-order valence-corrected chi connectivity index (χ3v) is 2.94. The number of fused-ring (bicyclic) bond motifs is 1. The highest BCUT2D eigenvalue weighted by atomic mass is 14.9. The second-order valence-corrected chi connectivity index (χ2v) is 3.79. The number of hydrogen-bond acceptors (Lipinski definition) is 1. The Kier molecular flexibility index (Phi) is 2.17. The molecule has 1 aromatic heterocycles. The maximum absolute atomic E-state index is 6.93. The van der Waals surface area contributed by atoms with Gasteiger partial charge in [-0.25, -0.2) is 0 Å². The van der Waals surface area contributed by atoms with Gasteiger partial charge in [-0.1, -0.05) is 12.6 Å². The fourth-order valence-electron chi connectivity index (χ4n) is 1.76. The summed E-state index contributed by atoms with van der Waals surface area (Å²) in [7, 11) is 0. The Balaban J connectivity index is 2.87. The van der Waals surface area contributed by atoms with Gasteiger partial charge in [0.15, 0.2) is 5.52 Å². The lowest BCUT2D eigenvalue weighted by Crippen LogP contribution is -1.90. The molecule has 0 aliphatic carbocycles. The van der Waals surface area contributed by atoms with E-state index in [1.54, 1.807) is 6.07 Å².